The van der Waals surface area contributed by atoms with Crippen molar-refractivity contribution in [3.05, 3.63) is 29.8 Å². The van der Waals surface area contributed by atoms with Crippen LogP contribution in [0.5, 0.6) is 0 Å². The fourth-order valence-electron chi connectivity index (χ4n) is 2.31. The Bertz CT molecular complexity index is 501. The normalized spacial score (nSPS) is 17.7. The SMILES string of the molecule is CC(C(=O)Nc1ccc(CN)cc1)N1CCNC(=O)CC1. The van der Waals surface area contributed by atoms with Crippen LogP contribution in [0.3, 0.4) is 0 Å². The zero-order valence-corrected chi connectivity index (χ0v) is 12.3. The Morgan fingerprint density at radius 1 is 1.38 bits per heavy atom. The zero-order valence-electron chi connectivity index (χ0n) is 12.3. The van der Waals surface area contributed by atoms with Crippen molar-refractivity contribution in [3.8, 4) is 0 Å². The lowest BCUT2D eigenvalue weighted by Crippen LogP contribution is -2.43. The number of carbonyl (C=O) groups excluding carboxylic acids is 2. The first-order chi connectivity index (χ1) is 10.1. The standard InChI is InChI=1S/C15H22N4O2/c1-11(19-8-6-14(20)17-7-9-19)15(21)18-13-4-2-12(10-16)3-5-13/h2-5,11H,6-10,16H2,1H3,(H,17,20)(H,18,21). The number of nitrogens with two attached hydrogens (primary N) is 1. The van der Waals surface area contributed by atoms with Crippen LogP contribution in [-0.2, 0) is 16.1 Å². The van der Waals surface area contributed by atoms with E-state index < -0.39 is 0 Å². The summed E-state index contributed by atoms with van der Waals surface area (Å²) in [6, 6.07) is 7.22. The second-order valence-corrected chi connectivity index (χ2v) is 5.20. The summed E-state index contributed by atoms with van der Waals surface area (Å²) in [5.74, 6) is -0.0210. The van der Waals surface area contributed by atoms with E-state index in [1.165, 1.54) is 0 Å². The first-order valence-corrected chi connectivity index (χ1v) is 7.21. The number of hydrogen-bond acceptors (Lipinski definition) is 4. The molecule has 1 fully saturated rings. The topological polar surface area (TPSA) is 87.5 Å². The minimum atomic E-state index is -0.271. The molecule has 1 aromatic carbocycles. The molecule has 114 valence electrons. The van der Waals surface area contributed by atoms with Crippen molar-refractivity contribution in [2.75, 3.05) is 25.0 Å². The van der Waals surface area contributed by atoms with Crippen LogP contribution in [0.4, 0.5) is 5.69 Å². The van der Waals surface area contributed by atoms with Gasteiger partial charge in [-0.1, -0.05) is 12.1 Å². The average Bonchev–Trinajstić information content (AvgIpc) is 2.72. The van der Waals surface area contributed by atoms with Gasteiger partial charge < -0.3 is 16.4 Å². The summed E-state index contributed by atoms with van der Waals surface area (Å²) in [6.45, 7) is 4.22. The van der Waals surface area contributed by atoms with E-state index in [0.29, 0.717) is 32.6 Å². The summed E-state index contributed by atoms with van der Waals surface area (Å²) in [6.07, 6.45) is 0.433. The third kappa shape index (κ3) is 4.27. The quantitative estimate of drug-likeness (QED) is 0.744. The van der Waals surface area contributed by atoms with E-state index in [2.05, 4.69) is 10.6 Å². The number of benzene rings is 1. The second-order valence-electron chi connectivity index (χ2n) is 5.20. The Morgan fingerprint density at radius 2 is 2.10 bits per heavy atom. The molecule has 0 radical (unpaired) electrons. The van der Waals surface area contributed by atoms with Crippen LogP contribution < -0.4 is 16.4 Å². The lowest BCUT2D eigenvalue weighted by Gasteiger charge is -2.25. The molecule has 21 heavy (non-hydrogen) atoms. The highest BCUT2D eigenvalue weighted by atomic mass is 16.2. The molecule has 6 nitrogen and oxygen atoms in total. The van der Waals surface area contributed by atoms with Gasteiger partial charge in [-0.3, -0.25) is 14.5 Å². The molecule has 2 rings (SSSR count). The summed E-state index contributed by atoms with van der Waals surface area (Å²) in [5.41, 5.74) is 7.33. The maximum Gasteiger partial charge on any atom is 0.241 e. The Morgan fingerprint density at radius 3 is 2.76 bits per heavy atom. The van der Waals surface area contributed by atoms with E-state index in [9.17, 15) is 9.59 Å². The molecule has 0 aliphatic carbocycles. The Labute approximate surface area is 124 Å². The minimum Gasteiger partial charge on any atom is -0.355 e. The Balaban J connectivity index is 1.93. The van der Waals surface area contributed by atoms with Gasteiger partial charge in [0.25, 0.3) is 0 Å². The third-order valence-electron chi connectivity index (χ3n) is 3.73. The highest BCUT2D eigenvalue weighted by Crippen LogP contribution is 2.11. The second kappa shape index (κ2) is 7.19. The maximum atomic E-state index is 12.3. The van der Waals surface area contributed by atoms with E-state index in [0.717, 1.165) is 11.3 Å². The van der Waals surface area contributed by atoms with Crippen molar-refractivity contribution in [3.63, 3.8) is 0 Å². The summed E-state index contributed by atoms with van der Waals surface area (Å²) in [7, 11) is 0. The van der Waals surface area contributed by atoms with Crippen LogP contribution in [0.15, 0.2) is 24.3 Å². The van der Waals surface area contributed by atoms with Crippen LogP contribution in [0, 0.1) is 0 Å². The van der Waals surface area contributed by atoms with Crippen molar-refractivity contribution >= 4 is 17.5 Å². The van der Waals surface area contributed by atoms with Gasteiger partial charge in [0.05, 0.1) is 6.04 Å². The van der Waals surface area contributed by atoms with E-state index >= 15 is 0 Å². The monoisotopic (exact) mass is 290 g/mol. The molecule has 0 saturated carbocycles. The average molecular weight is 290 g/mol. The molecule has 2 amide bonds. The third-order valence-corrected chi connectivity index (χ3v) is 3.73. The molecule has 0 spiro atoms. The van der Waals surface area contributed by atoms with Gasteiger partial charge in [-0.15, -0.1) is 0 Å². The molecule has 4 N–H and O–H groups in total. The highest BCUT2D eigenvalue weighted by Gasteiger charge is 2.23. The molecular formula is C15H22N4O2. The summed E-state index contributed by atoms with van der Waals surface area (Å²) in [5, 5.41) is 5.70. The van der Waals surface area contributed by atoms with Gasteiger partial charge in [0.15, 0.2) is 0 Å². The molecule has 1 atom stereocenters. The number of carbonyl (C=O) groups is 2. The zero-order chi connectivity index (χ0) is 15.2. The number of nitrogens with zero attached hydrogens (tertiary/aromatic N) is 1. The van der Waals surface area contributed by atoms with Crippen LogP contribution in [0.25, 0.3) is 0 Å². The lowest BCUT2D eigenvalue weighted by molar-refractivity contribution is -0.122. The molecule has 1 aliphatic heterocycles. The number of rotatable bonds is 4. The first kappa shape index (κ1) is 15.5. The van der Waals surface area contributed by atoms with Crippen molar-refractivity contribution < 1.29 is 9.59 Å². The molecule has 6 heteroatoms. The fraction of sp³-hybridized carbons (Fsp3) is 0.467. The molecule has 1 saturated heterocycles. The number of amides is 2. The van der Waals surface area contributed by atoms with Gasteiger partial charge in [-0.2, -0.15) is 0 Å². The van der Waals surface area contributed by atoms with Crippen LogP contribution >= 0.6 is 0 Å². The van der Waals surface area contributed by atoms with E-state index in [-0.39, 0.29) is 17.9 Å². The molecule has 1 aliphatic rings. The van der Waals surface area contributed by atoms with Gasteiger partial charge in [0, 0.05) is 38.3 Å². The van der Waals surface area contributed by atoms with Gasteiger partial charge in [-0.05, 0) is 24.6 Å². The van der Waals surface area contributed by atoms with Crippen LogP contribution in [0.1, 0.15) is 18.9 Å². The summed E-state index contributed by atoms with van der Waals surface area (Å²) < 4.78 is 0. The minimum absolute atomic E-state index is 0.0440. The predicted molar refractivity (Wildman–Crippen MR) is 81.6 cm³/mol. The molecule has 1 heterocycles. The van der Waals surface area contributed by atoms with Gasteiger partial charge in [0.2, 0.25) is 11.8 Å². The molecular weight excluding hydrogens is 268 g/mol. The lowest BCUT2D eigenvalue weighted by atomic mass is 10.2. The Kier molecular flexibility index (Phi) is 5.30. The van der Waals surface area contributed by atoms with Crippen molar-refractivity contribution in [2.45, 2.75) is 25.9 Å². The molecule has 0 aromatic heterocycles. The van der Waals surface area contributed by atoms with Crippen molar-refractivity contribution in [2.24, 2.45) is 5.73 Å². The fourth-order valence-corrected chi connectivity index (χ4v) is 2.31. The molecule has 1 aromatic rings. The number of anilines is 1. The first-order valence-electron chi connectivity index (χ1n) is 7.21. The number of nitrogens with one attached hydrogen (secondary N) is 2. The van der Waals surface area contributed by atoms with Crippen molar-refractivity contribution in [1.82, 2.24) is 10.2 Å². The smallest absolute Gasteiger partial charge is 0.241 e. The largest absolute Gasteiger partial charge is 0.355 e. The molecule has 1 unspecified atom stereocenters. The van der Waals surface area contributed by atoms with Crippen molar-refractivity contribution in [1.29, 1.82) is 0 Å². The van der Waals surface area contributed by atoms with E-state index in [1.807, 2.05) is 36.1 Å². The van der Waals surface area contributed by atoms with Crippen LogP contribution in [-0.4, -0.2) is 42.4 Å². The van der Waals surface area contributed by atoms with E-state index in [4.69, 9.17) is 5.73 Å². The van der Waals surface area contributed by atoms with E-state index in [1.54, 1.807) is 0 Å². The highest BCUT2D eigenvalue weighted by molar-refractivity contribution is 5.94. The van der Waals surface area contributed by atoms with Gasteiger partial charge in [0.1, 0.15) is 0 Å². The van der Waals surface area contributed by atoms with Gasteiger partial charge >= 0.3 is 0 Å². The predicted octanol–water partition coefficient (Wildman–Crippen LogP) is 0.294. The van der Waals surface area contributed by atoms with Gasteiger partial charge in [-0.25, -0.2) is 0 Å². The summed E-state index contributed by atoms with van der Waals surface area (Å²) in [4.78, 5) is 25.6. The van der Waals surface area contributed by atoms with Crippen LogP contribution in [0.2, 0.25) is 0 Å². The number of hydrogen-bond donors (Lipinski definition) is 3. The summed E-state index contributed by atoms with van der Waals surface area (Å²) >= 11 is 0. The maximum absolute atomic E-state index is 12.3. The molecule has 0 bridgehead atoms. The Hall–Kier alpha value is -1.92.